The molecule has 1 heterocycles. The molecular formula is C22H26N4O4S2. The Morgan fingerprint density at radius 1 is 1.09 bits per heavy atom. The molecule has 0 saturated carbocycles. The summed E-state index contributed by atoms with van der Waals surface area (Å²) in [6.07, 6.45) is 1.36. The summed E-state index contributed by atoms with van der Waals surface area (Å²) in [5, 5.41) is 11.9. The minimum Gasteiger partial charge on any atom is -0.494 e. The molecule has 0 spiro atoms. The fraction of sp³-hybridized carbons (Fsp3) is 0.318. The molecule has 2 aromatic carbocycles. The molecule has 1 atom stereocenters. The second kappa shape index (κ2) is 10.1. The number of nitrogens with one attached hydrogen (secondary N) is 1. The van der Waals surface area contributed by atoms with Crippen LogP contribution in [0.25, 0.3) is 10.6 Å². The van der Waals surface area contributed by atoms with Gasteiger partial charge in [0.25, 0.3) is 0 Å². The second-order valence-electron chi connectivity index (χ2n) is 7.18. The van der Waals surface area contributed by atoms with E-state index in [4.69, 9.17) is 4.74 Å². The molecule has 10 heteroatoms. The van der Waals surface area contributed by atoms with Gasteiger partial charge < -0.3 is 4.74 Å². The maximum absolute atomic E-state index is 13.1. The van der Waals surface area contributed by atoms with Crippen molar-refractivity contribution >= 4 is 38.1 Å². The Morgan fingerprint density at radius 2 is 1.75 bits per heavy atom. The van der Waals surface area contributed by atoms with Gasteiger partial charge in [0, 0.05) is 5.56 Å². The zero-order valence-corrected chi connectivity index (χ0v) is 20.0. The molecule has 0 fully saturated rings. The fourth-order valence-corrected chi connectivity index (χ4v) is 5.16. The maximum Gasteiger partial charge on any atom is 0.250 e. The van der Waals surface area contributed by atoms with Gasteiger partial charge in [-0.15, -0.1) is 10.2 Å². The van der Waals surface area contributed by atoms with E-state index in [1.165, 1.54) is 11.3 Å². The average Bonchev–Trinajstić information content (AvgIpc) is 3.21. The zero-order valence-electron chi connectivity index (χ0n) is 18.4. The molecule has 1 amide bonds. The van der Waals surface area contributed by atoms with Crippen LogP contribution in [0.3, 0.4) is 0 Å². The summed E-state index contributed by atoms with van der Waals surface area (Å²) >= 11 is 1.23. The molecular weight excluding hydrogens is 448 g/mol. The topological polar surface area (TPSA) is 101 Å². The van der Waals surface area contributed by atoms with Crippen LogP contribution in [0.1, 0.15) is 25.8 Å². The monoisotopic (exact) mass is 474 g/mol. The highest BCUT2D eigenvalue weighted by Crippen LogP contribution is 2.28. The van der Waals surface area contributed by atoms with Gasteiger partial charge in [-0.05, 0) is 44.5 Å². The number of hydrogen-bond acceptors (Lipinski definition) is 7. The summed E-state index contributed by atoms with van der Waals surface area (Å²) < 4.78 is 31.8. The average molecular weight is 475 g/mol. The molecule has 0 saturated heterocycles. The molecule has 3 rings (SSSR count). The molecule has 8 nitrogen and oxygen atoms in total. The van der Waals surface area contributed by atoms with E-state index in [0.29, 0.717) is 28.2 Å². The van der Waals surface area contributed by atoms with Crippen LogP contribution in [0.15, 0.2) is 48.5 Å². The second-order valence-corrected chi connectivity index (χ2v) is 10.0. The van der Waals surface area contributed by atoms with Gasteiger partial charge in [0.1, 0.15) is 16.8 Å². The summed E-state index contributed by atoms with van der Waals surface area (Å²) in [6.45, 7) is 6.13. The normalized spacial score (nSPS) is 12.2. The molecule has 0 radical (unpaired) electrons. The van der Waals surface area contributed by atoms with E-state index < -0.39 is 22.0 Å². The first-order chi connectivity index (χ1) is 15.2. The lowest BCUT2D eigenvalue weighted by molar-refractivity contribution is -0.117. The Labute approximate surface area is 192 Å². The third-order valence-corrected chi connectivity index (χ3v) is 6.75. The summed E-state index contributed by atoms with van der Waals surface area (Å²) in [5.74, 6) is 0.151. The minimum atomic E-state index is -3.73. The Bertz CT molecular complexity index is 1160. The molecule has 1 aromatic heterocycles. The number of carbonyl (C=O) groups excluding carboxylic acids is 1. The van der Waals surface area contributed by atoms with E-state index in [2.05, 4.69) is 15.5 Å². The van der Waals surface area contributed by atoms with Crippen LogP contribution in [0, 0.1) is 6.92 Å². The predicted octanol–water partition coefficient (Wildman–Crippen LogP) is 4.10. The minimum absolute atomic E-state index is 0.274. The van der Waals surface area contributed by atoms with Gasteiger partial charge in [0.05, 0.1) is 18.6 Å². The molecule has 0 unspecified atom stereocenters. The molecule has 0 bridgehead atoms. The van der Waals surface area contributed by atoms with Crippen LogP contribution in [0.5, 0.6) is 5.75 Å². The number of sulfonamides is 1. The highest BCUT2D eigenvalue weighted by molar-refractivity contribution is 7.92. The van der Waals surface area contributed by atoms with Crippen molar-refractivity contribution in [2.75, 3.05) is 22.5 Å². The highest BCUT2D eigenvalue weighted by atomic mass is 32.2. The molecule has 1 N–H and O–H groups in total. The van der Waals surface area contributed by atoms with Gasteiger partial charge in [-0.3, -0.25) is 14.4 Å². The Kier molecular flexibility index (Phi) is 7.47. The van der Waals surface area contributed by atoms with Crippen LogP contribution in [-0.2, 0) is 14.8 Å². The van der Waals surface area contributed by atoms with E-state index >= 15 is 0 Å². The van der Waals surface area contributed by atoms with E-state index in [0.717, 1.165) is 21.7 Å². The number of aryl methyl sites for hydroxylation is 1. The Morgan fingerprint density at radius 3 is 2.31 bits per heavy atom. The van der Waals surface area contributed by atoms with Crippen LogP contribution in [-0.4, -0.2) is 43.4 Å². The fourth-order valence-electron chi connectivity index (χ4n) is 3.19. The van der Waals surface area contributed by atoms with E-state index in [9.17, 15) is 13.2 Å². The lowest BCUT2D eigenvalue weighted by atomic mass is 10.2. The molecule has 0 aliphatic carbocycles. The lowest BCUT2D eigenvalue weighted by Crippen LogP contribution is -2.47. The number of nitrogens with zero attached hydrogens (tertiary/aromatic N) is 3. The van der Waals surface area contributed by atoms with Crippen molar-refractivity contribution in [3.63, 3.8) is 0 Å². The van der Waals surface area contributed by atoms with Gasteiger partial charge >= 0.3 is 0 Å². The first kappa shape index (κ1) is 23.7. The number of rotatable bonds is 9. The highest BCUT2D eigenvalue weighted by Gasteiger charge is 2.32. The number of aromatic nitrogens is 2. The van der Waals surface area contributed by atoms with Crippen molar-refractivity contribution in [1.82, 2.24) is 10.2 Å². The van der Waals surface area contributed by atoms with Crippen molar-refractivity contribution in [3.8, 4) is 16.3 Å². The number of ether oxygens (including phenoxy) is 1. The van der Waals surface area contributed by atoms with E-state index in [1.807, 2.05) is 38.1 Å². The number of hydrogen-bond donors (Lipinski definition) is 1. The van der Waals surface area contributed by atoms with Crippen LogP contribution in [0.2, 0.25) is 0 Å². The van der Waals surface area contributed by atoms with Crippen molar-refractivity contribution < 1.29 is 17.9 Å². The summed E-state index contributed by atoms with van der Waals surface area (Å²) in [6, 6.07) is 13.5. The third-order valence-electron chi connectivity index (χ3n) is 4.69. The van der Waals surface area contributed by atoms with Crippen LogP contribution in [0.4, 0.5) is 10.8 Å². The van der Waals surface area contributed by atoms with Crippen molar-refractivity contribution in [1.29, 1.82) is 0 Å². The quantitative estimate of drug-likeness (QED) is 0.501. The maximum atomic E-state index is 13.1. The van der Waals surface area contributed by atoms with Crippen LogP contribution >= 0.6 is 11.3 Å². The first-order valence-electron chi connectivity index (χ1n) is 10.2. The van der Waals surface area contributed by atoms with E-state index in [-0.39, 0.29) is 6.42 Å². The number of benzene rings is 2. The van der Waals surface area contributed by atoms with Gasteiger partial charge in [-0.25, -0.2) is 8.42 Å². The predicted molar refractivity (Wildman–Crippen MR) is 128 cm³/mol. The largest absolute Gasteiger partial charge is 0.494 e. The van der Waals surface area contributed by atoms with Crippen LogP contribution < -0.4 is 14.4 Å². The molecule has 0 aliphatic heterocycles. The molecule has 170 valence electrons. The first-order valence-corrected chi connectivity index (χ1v) is 12.8. The smallest absolute Gasteiger partial charge is 0.250 e. The van der Waals surface area contributed by atoms with Crippen molar-refractivity contribution in [2.45, 2.75) is 33.2 Å². The SMILES string of the molecule is CCOc1ccc(N([C@H](CC)C(=O)Nc2nnc(-c3ccc(C)cc3)s2)S(C)(=O)=O)cc1. The Balaban J connectivity index is 1.83. The summed E-state index contributed by atoms with van der Waals surface area (Å²) in [5.41, 5.74) is 2.41. The van der Waals surface area contributed by atoms with Gasteiger partial charge in [-0.1, -0.05) is 48.1 Å². The van der Waals surface area contributed by atoms with Crippen molar-refractivity contribution in [3.05, 3.63) is 54.1 Å². The number of anilines is 2. The summed E-state index contributed by atoms with van der Waals surface area (Å²) in [7, 11) is -3.73. The summed E-state index contributed by atoms with van der Waals surface area (Å²) in [4.78, 5) is 13.1. The van der Waals surface area contributed by atoms with Gasteiger partial charge in [0.15, 0.2) is 0 Å². The zero-order chi connectivity index (χ0) is 23.3. The molecule has 0 aliphatic rings. The van der Waals surface area contributed by atoms with E-state index in [1.54, 1.807) is 31.2 Å². The number of carbonyl (C=O) groups is 1. The molecule has 32 heavy (non-hydrogen) atoms. The Hall–Kier alpha value is -2.98. The third kappa shape index (κ3) is 5.63. The number of amides is 1. The van der Waals surface area contributed by atoms with Crippen molar-refractivity contribution in [2.24, 2.45) is 0 Å². The van der Waals surface area contributed by atoms with Gasteiger partial charge in [-0.2, -0.15) is 0 Å². The molecule has 3 aromatic rings. The standard InChI is InChI=1S/C22H26N4O4S2/c1-5-19(26(32(4,28)29)17-11-13-18(14-12-17)30-6-2)20(27)23-22-25-24-21(31-22)16-9-7-15(3)8-10-16/h7-14,19H,5-6H2,1-4H3,(H,23,25,27)/t19-/m1/s1. The van der Waals surface area contributed by atoms with Gasteiger partial charge in [0.2, 0.25) is 21.1 Å². The lowest BCUT2D eigenvalue weighted by Gasteiger charge is -2.29.